The van der Waals surface area contributed by atoms with Gasteiger partial charge in [-0.15, -0.1) is 0 Å². The minimum atomic E-state index is 0.945. The molecule has 0 saturated carbocycles. The van der Waals surface area contributed by atoms with Crippen molar-refractivity contribution in [3.8, 4) is 0 Å². The maximum Gasteiger partial charge on any atom is 0.129 e. The third-order valence-electron chi connectivity index (χ3n) is 1.52. The molecule has 64 valence electrons. The number of hydrogen-bond donors (Lipinski definition) is 0. The van der Waals surface area contributed by atoms with Crippen LogP contribution in [0.5, 0.6) is 0 Å². The molecular weight excluding hydrogens is 148 g/mol. The van der Waals surface area contributed by atoms with Crippen molar-refractivity contribution in [3.63, 3.8) is 0 Å². The van der Waals surface area contributed by atoms with Crippen molar-refractivity contribution >= 4 is 12.2 Å². The van der Waals surface area contributed by atoms with Crippen molar-refractivity contribution in [3.05, 3.63) is 35.1 Å². The summed E-state index contributed by atoms with van der Waals surface area (Å²) in [5.41, 5.74) is 1.99. The highest BCUT2D eigenvalue weighted by Crippen LogP contribution is 1.86. The van der Waals surface area contributed by atoms with Gasteiger partial charge < -0.3 is 4.42 Å². The zero-order chi connectivity index (χ0) is 8.97. The van der Waals surface area contributed by atoms with Gasteiger partial charge in [-0.05, 0) is 31.6 Å². The van der Waals surface area contributed by atoms with E-state index >= 15 is 0 Å². The zero-order valence-electron chi connectivity index (χ0n) is 7.63. The predicted molar refractivity (Wildman–Crippen MR) is 52.0 cm³/mol. The molecule has 0 aromatic carbocycles. The Bertz CT molecular complexity index is 368. The second kappa shape index (κ2) is 3.96. The number of allylic oxidation sites excluding steroid dienone is 1. The van der Waals surface area contributed by atoms with Crippen LogP contribution >= 0.6 is 0 Å². The van der Waals surface area contributed by atoms with E-state index in [1.165, 1.54) is 0 Å². The molecular formula is C11H14O. The summed E-state index contributed by atoms with van der Waals surface area (Å²) < 4.78 is 5.28. The molecule has 1 rings (SSSR count). The fourth-order valence-electron chi connectivity index (χ4n) is 1.07. The highest BCUT2D eigenvalue weighted by atomic mass is 16.3. The summed E-state index contributed by atoms with van der Waals surface area (Å²) >= 11 is 0. The molecule has 0 N–H and O–H groups in total. The first-order valence-corrected chi connectivity index (χ1v) is 4.15. The molecule has 0 atom stereocenters. The maximum atomic E-state index is 5.28. The normalized spacial score (nSPS) is 13.8. The third-order valence-corrected chi connectivity index (χ3v) is 1.52. The Morgan fingerprint density at radius 2 is 2.42 bits per heavy atom. The Balaban J connectivity index is 3.25. The molecule has 0 bridgehead atoms. The second-order valence-electron chi connectivity index (χ2n) is 2.84. The lowest BCUT2D eigenvalue weighted by Gasteiger charge is -1.82. The Hall–Kier alpha value is -1.24. The van der Waals surface area contributed by atoms with Crippen molar-refractivity contribution in [2.75, 3.05) is 0 Å². The summed E-state index contributed by atoms with van der Waals surface area (Å²) in [7, 11) is 0. The second-order valence-corrected chi connectivity index (χ2v) is 2.84. The molecule has 0 aliphatic carbocycles. The van der Waals surface area contributed by atoms with Crippen LogP contribution in [0.1, 0.15) is 20.3 Å². The molecule has 0 aliphatic rings. The van der Waals surface area contributed by atoms with Gasteiger partial charge in [0.05, 0.1) is 6.26 Å². The van der Waals surface area contributed by atoms with Gasteiger partial charge in [0.25, 0.3) is 0 Å². The number of hydrogen-bond acceptors (Lipinski definition) is 1. The van der Waals surface area contributed by atoms with E-state index < -0.39 is 0 Å². The molecule has 0 radical (unpaired) electrons. The quantitative estimate of drug-likeness (QED) is 0.646. The van der Waals surface area contributed by atoms with Crippen molar-refractivity contribution in [2.24, 2.45) is 0 Å². The van der Waals surface area contributed by atoms with E-state index in [1.54, 1.807) is 6.26 Å². The zero-order valence-corrected chi connectivity index (χ0v) is 7.63. The average Bonchev–Trinajstić information content (AvgIpc) is 2.37. The SMILES string of the molecule is C=C(C)C=c1ccoc1=CCC. The van der Waals surface area contributed by atoms with Gasteiger partial charge in [0, 0.05) is 5.22 Å². The molecule has 0 spiro atoms. The van der Waals surface area contributed by atoms with E-state index in [4.69, 9.17) is 4.42 Å². The topological polar surface area (TPSA) is 13.1 Å². The Labute approximate surface area is 72.7 Å². The first kappa shape index (κ1) is 8.85. The summed E-state index contributed by atoms with van der Waals surface area (Å²) in [6.07, 6.45) is 6.78. The molecule has 1 nitrogen and oxygen atoms in total. The Morgan fingerprint density at radius 3 is 3.00 bits per heavy atom. The van der Waals surface area contributed by atoms with E-state index in [-0.39, 0.29) is 0 Å². The lowest BCUT2D eigenvalue weighted by atomic mass is 10.2. The van der Waals surface area contributed by atoms with Gasteiger partial charge in [0.15, 0.2) is 0 Å². The smallest absolute Gasteiger partial charge is 0.129 e. The van der Waals surface area contributed by atoms with Gasteiger partial charge in [0.1, 0.15) is 5.42 Å². The Morgan fingerprint density at radius 1 is 1.67 bits per heavy atom. The van der Waals surface area contributed by atoms with Gasteiger partial charge in [-0.25, -0.2) is 0 Å². The molecule has 1 heteroatoms. The standard InChI is InChI=1S/C11H14O/c1-4-5-11-10(6-7-12-11)8-9(2)3/h5-8H,2,4H2,1,3H3. The molecule has 0 saturated heterocycles. The molecule has 0 fully saturated rings. The summed E-state index contributed by atoms with van der Waals surface area (Å²) in [5.74, 6) is 0. The van der Waals surface area contributed by atoms with Gasteiger partial charge in [-0.3, -0.25) is 0 Å². The lowest BCUT2D eigenvalue weighted by Crippen LogP contribution is -2.18. The van der Waals surface area contributed by atoms with Gasteiger partial charge in [0.2, 0.25) is 0 Å². The summed E-state index contributed by atoms with van der Waals surface area (Å²) in [6, 6.07) is 1.95. The van der Waals surface area contributed by atoms with E-state index in [9.17, 15) is 0 Å². The molecule has 12 heavy (non-hydrogen) atoms. The van der Waals surface area contributed by atoms with Crippen LogP contribution < -0.4 is 10.6 Å². The van der Waals surface area contributed by atoms with Crippen molar-refractivity contribution in [1.82, 2.24) is 0 Å². The fraction of sp³-hybridized carbons (Fsp3) is 0.273. The Kier molecular flexibility index (Phi) is 2.92. The predicted octanol–water partition coefficient (Wildman–Crippen LogP) is 1.83. The van der Waals surface area contributed by atoms with Crippen LogP contribution in [0.4, 0.5) is 0 Å². The first-order chi connectivity index (χ1) is 5.74. The van der Waals surface area contributed by atoms with E-state index in [0.717, 1.165) is 22.6 Å². The fourth-order valence-corrected chi connectivity index (χ4v) is 1.07. The van der Waals surface area contributed by atoms with Crippen molar-refractivity contribution in [2.45, 2.75) is 20.3 Å². The van der Waals surface area contributed by atoms with Crippen LogP contribution in [0, 0.1) is 0 Å². The highest BCUT2D eigenvalue weighted by Gasteiger charge is 1.86. The third kappa shape index (κ3) is 2.12. The van der Waals surface area contributed by atoms with Crippen LogP contribution in [0.3, 0.4) is 0 Å². The van der Waals surface area contributed by atoms with E-state index in [0.29, 0.717) is 0 Å². The lowest BCUT2D eigenvalue weighted by molar-refractivity contribution is 0.529. The maximum absolute atomic E-state index is 5.28. The van der Waals surface area contributed by atoms with Crippen LogP contribution in [0.15, 0.2) is 28.9 Å². The molecule has 1 aromatic heterocycles. The first-order valence-electron chi connectivity index (χ1n) is 4.15. The van der Waals surface area contributed by atoms with Crippen LogP contribution in [-0.2, 0) is 0 Å². The van der Waals surface area contributed by atoms with Gasteiger partial charge in [-0.2, -0.15) is 0 Å². The van der Waals surface area contributed by atoms with Crippen molar-refractivity contribution < 1.29 is 4.42 Å². The highest BCUT2D eigenvalue weighted by molar-refractivity contribution is 5.43. The monoisotopic (exact) mass is 162 g/mol. The van der Waals surface area contributed by atoms with Gasteiger partial charge in [-0.1, -0.05) is 19.1 Å². The van der Waals surface area contributed by atoms with Crippen LogP contribution in [0.2, 0.25) is 0 Å². The van der Waals surface area contributed by atoms with Crippen LogP contribution in [-0.4, -0.2) is 0 Å². The summed E-state index contributed by atoms with van der Waals surface area (Å²) in [5, 5.41) is 1.12. The van der Waals surface area contributed by atoms with Crippen LogP contribution in [0.25, 0.3) is 12.2 Å². The molecule has 0 amide bonds. The van der Waals surface area contributed by atoms with E-state index in [1.807, 2.05) is 19.1 Å². The number of rotatable bonds is 2. The minimum Gasteiger partial charge on any atom is -0.465 e. The minimum absolute atomic E-state index is 0.945. The molecule has 1 heterocycles. The molecule has 0 aliphatic heterocycles. The molecule has 1 aromatic rings. The molecule has 0 unspecified atom stereocenters. The van der Waals surface area contributed by atoms with E-state index in [2.05, 4.69) is 19.6 Å². The summed E-state index contributed by atoms with van der Waals surface area (Å²) in [6.45, 7) is 7.89. The van der Waals surface area contributed by atoms with Crippen molar-refractivity contribution in [1.29, 1.82) is 0 Å². The summed E-state index contributed by atoms with van der Waals surface area (Å²) in [4.78, 5) is 0. The van der Waals surface area contributed by atoms with Gasteiger partial charge >= 0.3 is 0 Å². The number of furan rings is 1. The average molecular weight is 162 g/mol. The largest absolute Gasteiger partial charge is 0.465 e.